The summed E-state index contributed by atoms with van der Waals surface area (Å²) in [4.78, 5) is 18.1. The molecular formula is C18H22N2O2. The zero-order valence-corrected chi connectivity index (χ0v) is 13.3. The second-order valence-corrected chi connectivity index (χ2v) is 6.20. The fourth-order valence-electron chi connectivity index (χ4n) is 3.39. The van der Waals surface area contributed by atoms with Crippen molar-refractivity contribution in [1.82, 2.24) is 10.4 Å². The van der Waals surface area contributed by atoms with Crippen molar-refractivity contribution >= 4 is 6.03 Å². The van der Waals surface area contributed by atoms with Crippen LogP contribution in [0.1, 0.15) is 44.4 Å². The maximum absolute atomic E-state index is 12.5. The summed E-state index contributed by atoms with van der Waals surface area (Å²) in [6.07, 6.45) is 1.93. The van der Waals surface area contributed by atoms with Gasteiger partial charge in [0, 0.05) is 5.57 Å². The molecule has 116 valence electrons. The topological polar surface area (TPSA) is 41.6 Å². The lowest BCUT2D eigenvalue weighted by Gasteiger charge is -2.21. The van der Waals surface area contributed by atoms with Crippen LogP contribution in [0.25, 0.3) is 0 Å². The van der Waals surface area contributed by atoms with Crippen LogP contribution in [0.3, 0.4) is 0 Å². The van der Waals surface area contributed by atoms with E-state index in [2.05, 4.69) is 37.9 Å². The first-order valence-corrected chi connectivity index (χ1v) is 7.75. The summed E-state index contributed by atoms with van der Waals surface area (Å²) < 4.78 is 0. The van der Waals surface area contributed by atoms with E-state index in [9.17, 15) is 4.79 Å². The molecule has 4 nitrogen and oxygen atoms in total. The number of nitrogens with zero attached hydrogens (tertiary/aromatic N) is 1. The Morgan fingerprint density at radius 1 is 1.41 bits per heavy atom. The number of urea groups is 1. The molecule has 1 aromatic carbocycles. The zero-order valence-electron chi connectivity index (χ0n) is 13.3. The van der Waals surface area contributed by atoms with Gasteiger partial charge in [0.25, 0.3) is 0 Å². The van der Waals surface area contributed by atoms with Crippen LogP contribution >= 0.6 is 0 Å². The number of hydrogen-bond donors (Lipinski definition) is 1. The number of nitrogens with one attached hydrogen (secondary N) is 1. The first-order valence-electron chi connectivity index (χ1n) is 7.75. The average Bonchev–Trinajstić information content (AvgIpc) is 3.00. The number of carbonyl (C=O) groups is 1. The molecule has 0 aromatic heterocycles. The third kappa shape index (κ3) is 2.39. The van der Waals surface area contributed by atoms with E-state index in [1.807, 2.05) is 19.1 Å². The summed E-state index contributed by atoms with van der Waals surface area (Å²) in [6, 6.07) is 8.09. The molecule has 22 heavy (non-hydrogen) atoms. The van der Waals surface area contributed by atoms with E-state index >= 15 is 0 Å². The van der Waals surface area contributed by atoms with Gasteiger partial charge in [-0.2, -0.15) is 0 Å². The number of rotatable bonds is 2. The van der Waals surface area contributed by atoms with E-state index in [4.69, 9.17) is 4.84 Å². The molecule has 1 aliphatic heterocycles. The molecule has 0 bridgehead atoms. The molecule has 1 aromatic rings. The maximum atomic E-state index is 12.5. The van der Waals surface area contributed by atoms with Crippen LogP contribution in [0.4, 0.5) is 4.79 Å². The number of hydroxylamine groups is 2. The molecule has 3 rings (SSSR count). The highest BCUT2D eigenvalue weighted by molar-refractivity contribution is 5.77. The van der Waals surface area contributed by atoms with E-state index in [1.54, 1.807) is 0 Å². The van der Waals surface area contributed by atoms with Gasteiger partial charge in [-0.25, -0.2) is 4.79 Å². The van der Waals surface area contributed by atoms with Crippen LogP contribution in [-0.4, -0.2) is 11.1 Å². The predicted molar refractivity (Wildman–Crippen MR) is 85.6 cm³/mol. The van der Waals surface area contributed by atoms with Crippen molar-refractivity contribution in [1.29, 1.82) is 0 Å². The standard InChI is InChI=1S/C18H22N2O2/c1-11(2)17-12(3)20(22-13(17)4)18(21)19-16-10-9-14-7-5-6-8-15(14)16/h5-8,11,16H,4,9-10H2,1-3H3,(H,19,21)/t16-/m0/s1. The Hall–Kier alpha value is -2.23. The molecule has 0 fully saturated rings. The van der Waals surface area contributed by atoms with Crippen LogP contribution in [-0.2, 0) is 11.3 Å². The highest BCUT2D eigenvalue weighted by Crippen LogP contribution is 2.35. The van der Waals surface area contributed by atoms with Crippen molar-refractivity contribution in [3.63, 3.8) is 0 Å². The van der Waals surface area contributed by atoms with Crippen LogP contribution in [0.15, 0.2) is 47.9 Å². The molecule has 1 atom stereocenters. The minimum atomic E-state index is -0.226. The molecule has 1 N–H and O–H groups in total. The molecule has 0 saturated carbocycles. The second kappa shape index (κ2) is 5.52. The Labute approximate surface area is 131 Å². The van der Waals surface area contributed by atoms with Crippen molar-refractivity contribution in [2.45, 2.75) is 39.7 Å². The number of aryl methyl sites for hydroxylation is 1. The van der Waals surface area contributed by atoms with E-state index in [1.165, 1.54) is 16.2 Å². The minimum Gasteiger partial charge on any atom is -0.371 e. The van der Waals surface area contributed by atoms with E-state index < -0.39 is 0 Å². The monoisotopic (exact) mass is 298 g/mol. The zero-order chi connectivity index (χ0) is 15.9. The molecule has 4 heteroatoms. The van der Waals surface area contributed by atoms with Gasteiger partial charge in [-0.05, 0) is 36.8 Å². The van der Waals surface area contributed by atoms with Crippen LogP contribution < -0.4 is 5.32 Å². The largest absolute Gasteiger partial charge is 0.371 e. The van der Waals surface area contributed by atoms with Gasteiger partial charge < -0.3 is 10.2 Å². The molecule has 0 spiro atoms. The summed E-state index contributed by atoms with van der Waals surface area (Å²) in [7, 11) is 0. The van der Waals surface area contributed by atoms with Gasteiger partial charge in [0.15, 0.2) is 5.76 Å². The number of allylic oxidation sites excluding steroid dienone is 2. The maximum Gasteiger partial charge on any atom is 0.355 e. The van der Waals surface area contributed by atoms with Gasteiger partial charge in [0.1, 0.15) is 0 Å². The second-order valence-electron chi connectivity index (χ2n) is 6.20. The highest BCUT2D eigenvalue weighted by Gasteiger charge is 2.33. The van der Waals surface area contributed by atoms with Crippen molar-refractivity contribution in [2.24, 2.45) is 5.92 Å². The Kier molecular flexibility index (Phi) is 3.69. The fourth-order valence-corrected chi connectivity index (χ4v) is 3.39. The van der Waals surface area contributed by atoms with Crippen molar-refractivity contribution in [2.75, 3.05) is 0 Å². The van der Waals surface area contributed by atoms with Crippen molar-refractivity contribution in [3.05, 3.63) is 59.0 Å². The Morgan fingerprint density at radius 3 is 2.82 bits per heavy atom. The molecule has 0 saturated heterocycles. The summed E-state index contributed by atoms with van der Waals surface area (Å²) in [6.45, 7) is 9.95. The molecule has 2 aliphatic rings. The fraction of sp³-hybridized carbons (Fsp3) is 0.389. The molecule has 0 radical (unpaired) electrons. The summed E-state index contributed by atoms with van der Waals surface area (Å²) in [5.74, 6) is 0.840. The average molecular weight is 298 g/mol. The van der Waals surface area contributed by atoms with Gasteiger partial charge >= 0.3 is 6.03 Å². The third-order valence-electron chi connectivity index (χ3n) is 4.39. The van der Waals surface area contributed by atoms with E-state index in [-0.39, 0.29) is 18.0 Å². The number of carbonyl (C=O) groups excluding carboxylic acids is 1. The smallest absolute Gasteiger partial charge is 0.355 e. The van der Waals surface area contributed by atoms with Crippen LogP contribution in [0.2, 0.25) is 0 Å². The first kappa shape index (κ1) is 14.7. The highest BCUT2D eigenvalue weighted by atomic mass is 16.7. The van der Waals surface area contributed by atoms with Gasteiger partial charge in [0.2, 0.25) is 0 Å². The van der Waals surface area contributed by atoms with Crippen LogP contribution in [0.5, 0.6) is 0 Å². The minimum absolute atomic E-state index is 0.0523. The van der Waals surface area contributed by atoms with Gasteiger partial charge in [0.05, 0.1) is 11.7 Å². The first-order chi connectivity index (χ1) is 10.5. The Balaban J connectivity index is 1.76. The quantitative estimate of drug-likeness (QED) is 0.894. The molecular weight excluding hydrogens is 276 g/mol. The molecule has 2 amide bonds. The van der Waals surface area contributed by atoms with Crippen LogP contribution in [0, 0.1) is 5.92 Å². The molecule has 1 heterocycles. The summed E-state index contributed by atoms with van der Waals surface area (Å²) in [5.41, 5.74) is 4.35. The predicted octanol–water partition coefficient (Wildman–Crippen LogP) is 4.07. The van der Waals surface area contributed by atoms with Crippen molar-refractivity contribution in [3.8, 4) is 0 Å². The lowest BCUT2D eigenvalue weighted by atomic mass is 10.0. The Bertz CT molecular complexity index is 661. The number of fused-ring (bicyclic) bond motifs is 1. The number of amides is 2. The van der Waals surface area contributed by atoms with E-state index in [0.717, 1.165) is 24.1 Å². The molecule has 1 aliphatic carbocycles. The SMILES string of the molecule is C=C1ON(C(=O)N[C@H]2CCc3ccccc32)C(C)=C1C(C)C. The summed E-state index contributed by atoms with van der Waals surface area (Å²) in [5, 5.41) is 4.41. The summed E-state index contributed by atoms with van der Waals surface area (Å²) >= 11 is 0. The molecule has 0 unspecified atom stereocenters. The van der Waals surface area contributed by atoms with Gasteiger partial charge in [-0.3, -0.25) is 0 Å². The van der Waals surface area contributed by atoms with Gasteiger partial charge in [-0.1, -0.05) is 44.7 Å². The lowest BCUT2D eigenvalue weighted by molar-refractivity contribution is -0.0240. The number of hydrogen-bond acceptors (Lipinski definition) is 2. The Morgan fingerprint density at radius 2 is 2.14 bits per heavy atom. The normalized spacial score (nSPS) is 20.5. The third-order valence-corrected chi connectivity index (χ3v) is 4.39. The number of benzene rings is 1. The van der Waals surface area contributed by atoms with Gasteiger partial charge in [-0.15, -0.1) is 5.06 Å². The lowest BCUT2D eigenvalue weighted by Crippen LogP contribution is -2.38. The van der Waals surface area contributed by atoms with E-state index in [0.29, 0.717) is 5.76 Å². The van der Waals surface area contributed by atoms with Crippen molar-refractivity contribution < 1.29 is 9.63 Å².